The second-order valence-corrected chi connectivity index (χ2v) is 5.26. The number of nitrogens with zero attached hydrogens (tertiary/aromatic N) is 2. The van der Waals surface area contributed by atoms with Gasteiger partial charge in [0.15, 0.2) is 0 Å². The summed E-state index contributed by atoms with van der Waals surface area (Å²) >= 11 is 0. The van der Waals surface area contributed by atoms with Crippen LogP contribution < -0.4 is 5.32 Å². The normalized spacial score (nSPS) is 17.6. The van der Waals surface area contributed by atoms with Gasteiger partial charge in [-0.3, -0.25) is 4.68 Å². The fourth-order valence-corrected chi connectivity index (χ4v) is 2.37. The second-order valence-electron chi connectivity index (χ2n) is 5.26. The van der Waals surface area contributed by atoms with Gasteiger partial charge in [-0.25, -0.2) is 4.79 Å². The zero-order chi connectivity index (χ0) is 12.6. The van der Waals surface area contributed by atoms with Gasteiger partial charge in [0, 0.05) is 13.6 Å². The molecule has 0 bridgehead atoms. The highest BCUT2D eigenvalue weighted by Gasteiger charge is 2.32. The second kappa shape index (κ2) is 4.05. The maximum absolute atomic E-state index is 11.2. The fraction of sp³-hybridized carbons (Fsp3) is 0.667. The van der Waals surface area contributed by atoms with Gasteiger partial charge in [-0.1, -0.05) is 13.3 Å². The first-order valence-corrected chi connectivity index (χ1v) is 5.94. The quantitative estimate of drug-likeness (QED) is 0.840. The van der Waals surface area contributed by atoms with E-state index < -0.39 is 5.97 Å². The number of aryl methyl sites for hydroxylation is 2. The Morgan fingerprint density at radius 2 is 2.24 bits per heavy atom. The number of hydrogen-bond donors (Lipinski definition) is 2. The molecule has 1 aromatic rings. The Morgan fingerprint density at radius 3 is 2.71 bits per heavy atom. The van der Waals surface area contributed by atoms with Gasteiger partial charge < -0.3 is 10.4 Å². The lowest BCUT2D eigenvalue weighted by Crippen LogP contribution is -2.34. The summed E-state index contributed by atoms with van der Waals surface area (Å²) in [7, 11) is 1.77. The van der Waals surface area contributed by atoms with E-state index in [-0.39, 0.29) is 5.56 Å². The van der Waals surface area contributed by atoms with Gasteiger partial charge in [0.25, 0.3) is 0 Å². The van der Waals surface area contributed by atoms with Crippen LogP contribution in [0.4, 0.5) is 5.82 Å². The molecule has 0 atom stereocenters. The van der Waals surface area contributed by atoms with Crippen molar-refractivity contribution in [1.82, 2.24) is 9.78 Å². The van der Waals surface area contributed by atoms with E-state index in [0.717, 1.165) is 6.54 Å². The first kappa shape index (κ1) is 12.0. The van der Waals surface area contributed by atoms with Crippen molar-refractivity contribution < 1.29 is 9.90 Å². The van der Waals surface area contributed by atoms with Gasteiger partial charge >= 0.3 is 5.97 Å². The molecule has 17 heavy (non-hydrogen) atoms. The predicted molar refractivity (Wildman–Crippen MR) is 65.4 cm³/mol. The third-order valence-corrected chi connectivity index (χ3v) is 3.68. The SMILES string of the molecule is Cc1nn(C)c(NCC2(C)CCC2)c1C(=O)O. The monoisotopic (exact) mass is 237 g/mol. The van der Waals surface area contributed by atoms with Crippen molar-refractivity contribution in [3.63, 3.8) is 0 Å². The van der Waals surface area contributed by atoms with Crippen LogP contribution in [0.1, 0.15) is 42.2 Å². The minimum Gasteiger partial charge on any atom is -0.477 e. The Morgan fingerprint density at radius 1 is 1.59 bits per heavy atom. The molecule has 0 aromatic carbocycles. The van der Waals surface area contributed by atoms with Crippen molar-refractivity contribution in [2.45, 2.75) is 33.1 Å². The summed E-state index contributed by atoms with van der Waals surface area (Å²) < 4.78 is 1.61. The van der Waals surface area contributed by atoms with Crippen molar-refractivity contribution >= 4 is 11.8 Å². The van der Waals surface area contributed by atoms with Gasteiger partial charge in [-0.2, -0.15) is 5.10 Å². The zero-order valence-corrected chi connectivity index (χ0v) is 10.6. The Bertz CT molecular complexity index is 447. The lowest BCUT2D eigenvalue weighted by Gasteiger charge is -2.38. The molecule has 0 saturated heterocycles. The Kier molecular flexibility index (Phi) is 2.85. The molecular weight excluding hydrogens is 218 g/mol. The van der Waals surface area contributed by atoms with Crippen LogP contribution in [-0.4, -0.2) is 27.4 Å². The molecule has 1 aromatic heterocycles. The lowest BCUT2D eigenvalue weighted by atomic mass is 9.70. The molecule has 0 spiro atoms. The lowest BCUT2D eigenvalue weighted by molar-refractivity contribution is 0.0697. The molecule has 94 valence electrons. The van der Waals surface area contributed by atoms with Crippen LogP contribution in [0.5, 0.6) is 0 Å². The maximum atomic E-state index is 11.2. The molecule has 1 heterocycles. The summed E-state index contributed by atoms with van der Waals surface area (Å²) in [4.78, 5) is 11.2. The van der Waals surface area contributed by atoms with Gasteiger partial charge in [0.2, 0.25) is 0 Å². The number of anilines is 1. The highest BCUT2D eigenvalue weighted by molar-refractivity contribution is 5.94. The smallest absolute Gasteiger partial charge is 0.341 e. The summed E-state index contributed by atoms with van der Waals surface area (Å²) in [6, 6.07) is 0. The van der Waals surface area contributed by atoms with E-state index in [2.05, 4.69) is 17.3 Å². The molecule has 0 unspecified atom stereocenters. The predicted octanol–water partition coefficient (Wildman–Crippen LogP) is 2.03. The van der Waals surface area contributed by atoms with Crippen LogP contribution in [0.3, 0.4) is 0 Å². The molecule has 5 nitrogen and oxygen atoms in total. The molecule has 5 heteroatoms. The number of aromatic carboxylic acids is 1. The van der Waals surface area contributed by atoms with Gasteiger partial charge in [-0.15, -0.1) is 0 Å². The number of nitrogens with one attached hydrogen (secondary N) is 1. The molecule has 0 radical (unpaired) electrons. The minimum atomic E-state index is -0.920. The van der Waals surface area contributed by atoms with E-state index in [1.807, 2.05) is 0 Å². The van der Waals surface area contributed by atoms with Crippen LogP contribution in [0.25, 0.3) is 0 Å². The highest BCUT2D eigenvalue weighted by atomic mass is 16.4. The third kappa shape index (κ3) is 2.14. The first-order chi connectivity index (χ1) is 7.93. The Labute approximate surface area is 101 Å². The number of carboxylic acid groups (broad SMARTS) is 1. The van der Waals surface area contributed by atoms with E-state index in [1.165, 1.54) is 19.3 Å². The molecule has 0 aliphatic heterocycles. The van der Waals surface area contributed by atoms with Crippen molar-refractivity contribution in [3.8, 4) is 0 Å². The van der Waals surface area contributed by atoms with Gasteiger partial charge in [-0.05, 0) is 25.2 Å². The number of carboxylic acids is 1. The van der Waals surface area contributed by atoms with E-state index in [1.54, 1.807) is 18.7 Å². The topological polar surface area (TPSA) is 67.2 Å². The van der Waals surface area contributed by atoms with Crippen LogP contribution in [0.2, 0.25) is 0 Å². The van der Waals surface area contributed by atoms with Crippen LogP contribution >= 0.6 is 0 Å². The van der Waals surface area contributed by atoms with Crippen molar-refractivity contribution in [2.24, 2.45) is 12.5 Å². The average molecular weight is 237 g/mol. The van der Waals surface area contributed by atoms with Crippen molar-refractivity contribution in [1.29, 1.82) is 0 Å². The third-order valence-electron chi connectivity index (χ3n) is 3.68. The van der Waals surface area contributed by atoms with Crippen molar-refractivity contribution in [3.05, 3.63) is 11.3 Å². The molecule has 1 saturated carbocycles. The maximum Gasteiger partial charge on any atom is 0.341 e. The zero-order valence-electron chi connectivity index (χ0n) is 10.6. The fourth-order valence-electron chi connectivity index (χ4n) is 2.37. The van der Waals surface area contributed by atoms with Crippen LogP contribution in [-0.2, 0) is 7.05 Å². The molecule has 1 fully saturated rings. The molecular formula is C12H19N3O2. The number of aromatic nitrogens is 2. The minimum absolute atomic E-state index is 0.287. The average Bonchev–Trinajstić information content (AvgIpc) is 2.47. The standard InChI is InChI=1S/C12H19N3O2/c1-8-9(11(16)17)10(15(3)14-8)13-7-12(2)5-4-6-12/h13H,4-7H2,1-3H3,(H,16,17). The van der Waals surface area contributed by atoms with E-state index in [9.17, 15) is 4.79 Å². The summed E-state index contributed by atoms with van der Waals surface area (Å²) in [5.41, 5.74) is 1.16. The molecule has 2 rings (SSSR count). The summed E-state index contributed by atoms with van der Waals surface area (Å²) in [6.07, 6.45) is 3.69. The van der Waals surface area contributed by atoms with Gasteiger partial charge in [0.1, 0.15) is 11.4 Å². The van der Waals surface area contributed by atoms with Crippen LogP contribution in [0.15, 0.2) is 0 Å². The number of rotatable bonds is 4. The van der Waals surface area contributed by atoms with E-state index >= 15 is 0 Å². The van der Waals surface area contributed by atoms with E-state index in [4.69, 9.17) is 5.11 Å². The number of carbonyl (C=O) groups is 1. The van der Waals surface area contributed by atoms with E-state index in [0.29, 0.717) is 16.9 Å². The summed E-state index contributed by atoms with van der Waals surface area (Å²) in [5.74, 6) is -0.306. The summed E-state index contributed by atoms with van der Waals surface area (Å²) in [6.45, 7) is 4.76. The molecule has 2 N–H and O–H groups in total. The Balaban J connectivity index is 2.17. The first-order valence-electron chi connectivity index (χ1n) is 5.94. The highest BCUT2D eigenvalue weighted by Crippen LogP contribution is 2.40. The largest absolute Gasteiger partial charge is 0.477 e. The molecule has 0 amide bonds. The number of hydrogen-bond acceptors (Lipinski definition) is 3. The van der Waals surface area contributed by atoms with Crippen LogP contribution in [0, 0.1) is 12.3 Å². The Hall–Kier alpha value is -1.52. The summed E-state index contributed by atoms with van der Waals surface area (Å²) in [5, 5.41) is 16.6. The molecule has 1 aliphatic rings. The van der Waals surface area contributed by atoms with Gasteiger partial charge in [0.05, 0.1) is 5.69 Å². The molecule has 1 aliphatic carbocycles. The van der Waals surface area contributed by atoms with Crippen molar-refractivity contribution in [2.75, 3.05) is 11.9 Å².